The second kappa shape index (κ2) is 7.54. The Balaban J connectivity index is 1.39. The lowest BCUT2D eigenvalue weighted by Crippen LogP contribution is -2.37. The molecule has 0 amide bonds. The van der Waals surface area contributed by atoms with Gasteiger partial charge in [-0.15, -0.1) is 0 Å². The molecule has 1 aliphatic heterocycles. The highest BCUT2D eigenvalue weighted by molar-refractivity contribution is 5.76. The molecule has 0 bridgehead atoms. The fourth-order valence-electron chi connectivity index (χ4n) is 5.59. The van der Waals surface area contributed by atoms with E-state index < -0.39 is 0 Å². The zero-order chi connectivity index (χ0) is 20.0. The minimum Gasteiger partial charge on any atom is -0.379 e. The standard InChI is InChI=1S/C24H28FN3O/c1-16-26-21-9-5-6-10-22(21)28(16)23-11-18-14-27(15-19(18)12-24(23)29-2)13-17-7-3-4-8-20(17)25/h3-10,18-19,23-24H,11-15H2,1-2H3/t18-,19+,23-,24-/m0/s1. The van der Waals surface area contributed by atoms with Gasteiger partial charge in [0.2, 0.25) is 0 Å². The minimum atomic E-state index is -0.101. The van der Waals surface area contributed by atoms with Crippen LogP contribution in [-0.2, 0) is 11.3 Å². The zero-order valence-electron chi connectivity index (χ0n) is 17.1. The van der Waals surface area contributed by atoms with Gasteiger partial charge in [-0.3, -0.25) is 4.90 Å². The molecule has 3 aromatic rings. The number of hydrogen-bond acceptors (Lipinski definition) is 3. The van der Waals surface area contributed by atoms with E-state index in [9.17, 15) is 4.39 Å². The quantitative estimate of drug-likeness (QED) is 0.650. The van der Waals surface area contributed by atoms with E-state index in [0.29, 0.717) is 24.4 Å². The van der Waals surface area contributed by atoms with E-state index in [4.69, 9.17) is 9.72 Å². The van der Waals surface area contributed by atoms with Gasteiger partial charge in [0.05, 0.1) is 23.2 Å². The van der Waals surface area contributed by atoms with Gasteiger partial charge in [-0.1, -0.05) is 30.3 Å². The molecule has 4 atom stereocenters. The van der Waals surface area contributed by atoms with E-state index in [-0.39, 0.29) is 11.9 Å². The van der Waals surface area contributed by atoms with Crippen molar-refractivity contribution in [2.75, 3.05) is 20.2 Å². The van der Waals surface area contributed by atoms with E-state index in [2.05, 4.69) is 34.6 Å². The van der Waals surface area contributed by atoms with Crippen molar-refractivity contribution in [3.63, 3.8) is 0 Å². The number of fused-ring (bicyclic) bond motifs is 2. The maximum Gasteiger partial charge on any atom is 0.127 e. The average Bonchev–Trinajstić information content (AvgIpc) is 3.27. The first kappa shape index (κ1) is 18.8. The number of halogens is 1. The minimum absolute atomic E-state index is 0.101. The molecule has 2 aromatic carbocycles. The molecular weight excluding hydrogens is 365 g/mol. The molecule has 0 radical (unpaired) electrons. The number of nitrogens with zero attached hydrogens (tertiary/aromatic N) is 3. The molecular formula is C24H28FN3O. The van der Waals surface area contributed by atoms with Crippen LogP contribution in [0.15, 0.2) is 48.5 Å². The van der Waals surface area contributed by atoms with Gasteiger partial charge in [-0.2, -0.15) is 0 Å². The number of ether oxygens (including phenoxy) is 1. The van der Waals surface area contributed by atoms with E-state index in [1.165, 1.54) is 5.52 Å². The molecule has 2 fully saturated rings. The van der Waals surface area contributed by atoms with E-state index in [1.54, 1.807) is 12.1 Å². The van der Waals surface area contributed by atoms with Crippen LogP contribution in [0.2, 0.25) is 0 Å². The fraction of sp³-hybridized carbons (Fsp3) is 0.458. The van der Waals surface area contributed by atoms with Gasteiger partial charge in [0.15, 0.2) is 0 Å². The first-order chi connectivity index (χ1) is 14.1. The van der Waals surface area contributed by atoms with Gasteiger partial charge in [0, 0.05) is 32.3 Å². The third-order valence-electron chi connectivity index (χ3n) is 6.92. The maximum absolute atomic E-state index is 14.1. The Morgan fingerprint density at radius 3 is 2.55 bits per heavy atom. The highest BCUT2D eigenvalue weighted by Gasteiger charge is 2.43. The van der Waals surface area contributed by atoms with Crippen LogP contribution < -0.4 is 0 Å². The SMILES string of the molecule is CO[C@H]1C[C@@H]2CN(Cc3ccccc3F)C[C@@H]2C[C@@H]1n1c(C)nc2ccccc21. The molecule has 29 heavy (non-hydrogen) atoms. The van der Waals surface area contributed by atoms with Gasteiger partial charge < -0.3 is 9.30 Å². The maximum atomic E-state index is 14.1. The first-order valence-electron chi connectivity index (χ1n) is 10.6. The molecule has 2 aliphatic rings. The lowest BCUT2D eigenvalue weighted by molar-refractivity contribution is -0.0000731. The molecule has 1 aromatic heterocycles. The number of para-hydroxylation sites is 2. The van der Waals surface area contributed by atoms with Crippen LogP contribution >= 0.6 is 0 Å². The Morgan fingerprint density at radius 1 is 1.03 bits per heavy atom. The predicted octanol–water partition coefficient (Wildman–Crippen LogP) is 4.58. The van der Waals surface area contributed by atoms with E-state index in [0.717, 1.165) is 42.8 Å². The number of likely N-dealkylation sites (tertiary alicyclic amines) is 1. The van der Waals surface area contributed by atoms with E-state index in [1.807, 2.05) is 25.3 Å². The van der Waals surface area contributed by atoms with Crippen molar-refractivity contribution in [1.82, 2.24) is 14.5 Å². The van der Waals surface area contributed by atoms with E-state index >= 15 is 0 Å². The molecule has 2 heterocycles. The summed E-state index contributed by atoms with van der Waals surface area (Å²) in [6, 6.07) is 15.8. The van der Waals surface area contributed by atoms with Gasteiger partial charge in [-0.25, -0.2) is 9.37 Å². The summed E-state index contributed by atoms with van der Waals surface area (Å²) in [6.45, 7) is 4.83. The summed E-state index contributed by atoms with van der Waals surface area (Å²) in [7, 11) is 1.83. The summed E-state index contributed by atoms with van der Waals surface area (Å²) in [5.41, 5.74) is 3.04. The molecule has 152 valence electrons. The first-order valence-corrected chi connectivity index (χ1v) is 10.6. The predicted molar refractivity (Wildman–Crippen MR) is 112 cm³/mol. The zero-order valence-corrected chi connectivity index (χ0v) is 17.1. The topological polar surface area (TPSA) is 30.3 Å². The van der Waals surface area contributed by atoms with Crippen LogP contribution in [-0.4, -0.2) is 40.8 Å². The summed E-state index contributed by atoms with van der Waals surface area (Å²) >= 11 is 0. The molecule has 0 unspecified atom stereocenters. The molecule has 1 saturated carbocycles. The van der Waals surface area contributed by atoms with Crippen LogP contribution in [0.4, 0.5) is 4.39 Å². The number of aryl methyl sites for hydroxylation is 1. The number of imidazole rings is 1. The third-order valence-corrected chi connectivity index (χ3v) is 6.92. The largest absolute Gasteiger partial charge is 0.379 e. The highest BCUT2D eigenvalue weighted by atomic mass is 19.1. The molecule has 1 saturated heterocycles. The Labute approximate surface area is 171 Å². The lowest BCUT2D eigenvalue weighted by Gasteiger charge is -2.38. The number of benzene rings is 2. The van der Waals surface area contributed by atoms with Gasteiger partial charge in [0.25, 0.3) is 0 Å². The van der Waals surface area contributed by atoms with Crippen molar-refractivity contribution < 1.29 is 9.13 Å². The highest BCUT2D eigenvalue weighted by Crippen LogP contribution is 2.44. The fourth-order valence-corrected chi connectivity index (χ4v) is 5.59. The Bertz CT molecular complexity index is 1020. The second-order valence-corrected chi connectivity index (χ2v) is 8.64. The number of rotatable bonds is 4. The van der Waals surface area contributed by atoms with Gasteiger partial charge in [0.1, 0.15) is 11.6 Å². The number of aromatic nitrogens is 2. The van der Waals surface area contributed by atoms with Crippen molar-refractivity contribution in [2.45, 2.75) is 38.5 Å². The normalized spacial score (nSPS) is 27.4. The van der Waals surface area contributed by atoms with Crippen molar-refractivity contribution in [3.8, 4) is 0 Å². The van der Waals surface area contributed by atoms with Crippen LogP contribution in [0.3, 0.4) is 0 Å². The number of hydrogen-bond donors (Lipinski definition) is 0. The molecule has 1 aliphatic carbocycles. The van der Waals surface area contributed by atoms with Crippen LogP contribution in [0.1, 0.15) is 30.3 Å². The molecule has 0 spiro atoms. The average molecular weight is 394 g/mol. The Hall–Kier alpha value is -2.24. The summed E-state index contributed by atoms with van der Waals surface area (Å²) in [5.74, 6) is 2.17. The monoisotopic (exact) mass is 393 g/mol. The summed E-state index contributed by atoms with van der Waals surface area (Å²) in [6.07, 6.45) is 2.31. The molecule has 4 nitrogen and oxygen atoms in total. The van der Waals surface area contributed by atoms with Crippen molar-refractivity contribution in [2.24, 2.45) is 11.8 Å². The summed E-state index contributed by atoms with van der Waals surface area (Å²) in [5, 5.41) is 0. The van der Waals surface area contributed by atoms with Crippen LogP contribution in [0.5, 0.6) is 0 Å². The van der Waals surface area contributed by atoms with Crippen LogP contribution in [0.25, 0.3) is 11.0 Å². The number of methoxy groups -OCH3 is 1. The van der Waals surface area contributed by atoms with Crippen LogP contribution in [0, 0.1) is 24.6 Å². The third kappa shape index (κ3) is 3.36. The van der Waals surface area contributed by atoms with Crippen molar-refractivity contribution in [1.29, 1.82) is 0 Å². The smallest absolute Gasteiger partial charge is 0.127 e. The Morgan fingerprint density at radius 2 is 1.76 bits per heavy atom. The summed E-state index contributed by atoms with van der Waals surface area (Å²) < 4.78 is 22.5. The van der Waals surface area contributed by atoms with Crippen molar-refractivity contribution in [3.05, 3.63) is 65.7 Å². The summed E-state index contributed by atoms with van der Waals surface area (Å²) in [4.78, 5) is 7.20. The van der Waals surface area contributed by atoms with Gasteiger partial charge in [-0.05, 0) is 49.8 Å². The molecule has 5 heteroatoms. The molecule has 5 rings (SSSR count). The lowest BCUT2D eigenvalue weighted by atomic mass is 9.77. The van der Waals surface area contributed by atoms with Gasteiger partial charge >= 0.3 is 0 Å². The van der Waals surface area contributed by atoms with Crippen molar-refractivity contribution >= 4 is 11.0 Å². The Kier molecular flexibility index (Phi) is 4.88. The second-order valence-electron chi connectivity index (χ2n) is 8.64. The molecule has 0 N–H and O–H groups in total.